The van der Waals surface area contributed by atoms with E-state index in [0.717, 1.165) is 44.8 Å². The van der Waals surface area contributed by atoms with Gasteiger partial charge in [-0.3, -0.25) is 9.69 Å². The maximum Gasteiger partial charge on any atom is 0.237 e. The van der Waals surface area contributed by atoms with Crippen LogP contribution < -0.4 is 4.90 Å². The van der Waals surface area contributed by atoms with Crippen molar-refractivity contribution in [2.24, 2.45) is 0 Å². The Morgan fingerprint density at radius 1 is 1.00 bits per heavy atom. The summed E-state index contributed by atoms with van der Waals surface area (Å²) in [6.07, 6.45) is 0.954. The Labute approximate surface area is 167 Å². The quantitative estimate of drug-likeness (QED) is 0.730. The first-order valence-corrected chi connectivity index (χ1v) is 10.1. The van der Waals surface area contributed by atoms with Crippen LogP contribution in [0.25, 0.3) is 0 Å². The molecule has 1 amide bonds. The van der Waals surface area contributed by atoms with Gasteiger partial charge in [0.15, 0.2) is 0 Å². The summed E-state index contributed by atoms with van der Waals surface area (Å²) >= 11 is 0. The SMILES string of the molecule is CCCN(Cc1ccc(C)cc1)C(=O)CN1CCN(c2ccc(F)cc2)CC1. The molecule has 1 aliphatic rings. The predicted molar refractivity (Wildman–Crippen MR) is 112 cm³/mol. The van der Waals surface area contributed by atoms with Gasteiger partial charge in [-0.05, 0) is 43.2 Å². The molecule has 0 spiro atoms. The summed E-state index contributed by atoms with van der Waals surface area (Å²) in [7, 11) is 0. The molecule has 0 unspecified atom stereocenters. The van der Waals surface area contributed by atoms with Gasteiger partial charge in [-0.25, -0.2) is 4.39 Å². The third kappa shape index (κ3) is 5.55. The first-order valence-electron chi connectivity index (χ1n) is 10.1. The van der Waals surface area contributed by atoms with E-state index in [0.29, 0.717) is 13.1 Å². The number of halogens is 1. The number of hydrogen-bond acceptors (Lipinski definition) is 3. The standard InChI is InChI=1S/C23H30FN3O/c1-3-12-27(17-20-6-4-19(2)5-7-20)23(28)18-25-13-15-26(16-14-25)22-10-8-21(24)9-11-22/h4-11H,3,12-18H2,1-2H3. The second kappa shape index (κ2) is 9.69. The molecule has 0 radical (unpaired) electrons. The lowest BCUT2D eigenvalue weighted by molar-refractivity contribution is -0.133. The Morgan fingerprint density at radius 3 is 2.25 bits per heavy atom. The third-order valence-electron chi connectivity index (χ3n) is 5.26. The van der Waals surface area contributed by atoms with Crippen LogP contribution in [0.4, 0.5) is 10.1 Å². The highest BCUT2D eigenvalue weighted by atomic mass is 19.1. The molecule has 0 saturated carbocycles. The largest absolute Gasteiger partial charge is 0.369 e. The Balaban J connectivity index is 1.52. The molecule has 5 heteroatoms. The van der Waals surface area contributed by atoms with E-state index in [-0.39, 0.29) is 11.7 Å². The zero-order valence-electron chi connectivity index (χ0n) is 16.9. The van der Waals surface area contributed by atoms with E-state index in [2.05, 4.69) is 47.9 Å². The van der Waals surface area contributed by atoms with Gasteiger partial charge in [0.05, 0.1) is 6.54 Å². The van der Waals surface area contributed by atoms with Crippen molar-refractivity contribution >= 4 is 11.6 Å². The maximum absolute atomic E-state index is 13.1. The summed E-state index contributed by atoms with van der Waals surface area (Å²) in [6, 6.07) is 15.0. The van der Waals surface area contributed by atoms with E-state index in [4.69, 9.17) is 0 Å². The van der Waals surface area contributed by atoms with Crippen LogP contribution in [0, 0.1) is 12.7 Å². The third-order valence-corrected chi connectivity index (χ3v) is 5.26. The molecule has 1 heterocycles. The summed E-state index contributed by atoms with van der Waals surface area (Å²) in [5.41, 5.74) is 3.45. The molecule has 2 aromatic rings. The molecule has 0 atom stereocenters. The maximum atomic E-state index is 13.1. The molecule has 0 aromatic heterocycles. The van der Waals surface area contributed by atoms with Crippen LogP contribution in [-0.2, 0) is 11.3 Å². The highest BCUT2D eigenvalue weighted by molar-refractivity contribution is 5.78. The lowest BCUT2D eigenvalue weighted by Crippen LogP contribution is -2.50. The first-order chi connectivity index (χ1) is 13.5. The summed E-state index contributed by atoms with van der Waals surface area (Å²) in [4.78, 5) is 19.3. The van der Waals surface area contributed by atoms with E-state index < -0.39 is 0 Å². The van der Waals surface area contributed by atoms with E-state index in [1.54, 1.807) is 0 Å². The lowest BCUT2D eigenvalue weighted by atomic mass is 10.1. The molecule has 0 aliphatic carbocycles. The normalized spacial score (nSPS) is 14.9. The number of amides is 1. The molecule has 4 nitrogen and oxygen atoms in total. The van der Waals surface area contributed by atoms with Crippen LogP contribution in [0.1, 0.15) is 24.5 Å². The van der Waals surface area contributed by atoms with Crippen molar-refractivity contribution in [3.05, 3.63) is 65.5 Å². The second-order valence-electron chi connectivity index (χ2n) is 7.54. The van der Waals surface area contributed by atoms with Crippen LogP contribution in [0.15, 0.2) is 48.5 Å². The van der Waals surface area contributed by atoms with Crippen LogP contribution in [0.5, 0.6) is 0 Å². The average Bonchev–Trinajstić information content (AvgIpc) is 2.70. The molecule has 3 rings (SSSR count). The monoisotopic (exact) mass is 383 g/mol. The van der Waals surface area contributed by atoms with Crippen molar-refractivity contribution in [1.82, 2.24) is 9.80 Å². The summed E-state index contributed by atoms with van der Waals surface area (Å²) in [6.45, 7) is 9.48. The number of piperazine rings is 1. The van der Waals surface area contributed by atoms with Gasteiger partial charge in [0.25, 0.3) is 0 Å². The molecule has 1 aliphatic heterocycles. The predicted octanol–water partition coefficient (Wildman–Crippen LogP) is 3.69. The summed E-state index contributed by atoms with van der Waals surface area (Å²) in [5.74, 6) is -0.0183. The Kier molecular flexibility index (Phi) is 7.04. The number of carbonyl (C=O) groups is 1. The number of nitrogens with zero attached hydrogens (tertiary/aromatic N) is 3. The zero-order valence-corrected chi connectivity index (χ0v) is 16.9. The molecule has 2 aromatic carbocycles. The van der Waals surface area contributed by atoms with Crippen LogP contribution in [-0.4, -0.2) is 55.0 Å². The summed E-state index contributed by atoms with van der Waals surface area (Å²) in [5, 5.41) is 0. The van der Waals surface area contributed by atoms with Gasteiger partial charge in [0, 0.05) is 45.0 Å². The Morgan fingerprint density at radius 2 is 1.64 bits per heavy atom. The lowest BCUT2D eigenvalue weighted by Gasteiger charge is -2.36. The van der Waals surface area contributed by atoms with E-state index >= 15 is 0 Å². The zero-order chi connectivity index (χ0) is 19.9. The van der Waals surface area contributed by atoms with Gasteiger partial charge >= 0.3 is 0 Å². The van der Waals surface area contributed by atoms with Crippen LogP contribution in [0.3, 0.4) is 0 Å². The minimum Gasteiger partial charge on any atom is -0.369 e. The molecular weight excluding hydrogens is 353 g/mol. The van der Waals surface area contributed by atoms with Crippen molar-refractivity contribution in [2.45, 2.75) is 26.8 Å². The fourth-order valence-corrected chi connectivity index (χ4v) is 3.58. The topological polar surface area (TPSA) is 26.8 Å². The minimum atomic E-state index is -0.211. The molecule has 150 valence electrons. The Bertz CT molecular complexity index is 752. The van der Waals surface area contributed by atoms with Gasteiger partial charge in [-0.15, -0.1) is 0 Å². The van der Waals surface area contributed by atoms with Crippen molar-refractivity contribution < 1.29 is 9.18 Å². The van der Waals surface area contributed by atoms with Crippen molar-refractivity contribution in [3.63, 3.8) is 0 Å². The fourth-order valence-electron chi connectivity index (χ4n) is 3.58. The van der Waals surface area contributed by atoms with E-state index in [1.165, 1.54) is 23.3 Å². The summed E-state index contributed by atoms with van der Waals surface area (Å²) < 4.78 is 13.1. The first kappa shape index (κ1) is 20.3. The van der Waals surface area contributed by atoms with Crippen molar-refractivity contribution in [2.75, 3.05) is 44.2 Å². The number of hydrogen-bond donors (Lipinski definition) is 0. The van der Waals surface area contributed by atoms with Gasteiger partial charge in [-0.1, -0.05) is 36.8 Å². The molecule has 28 heavy (non-hydrogen) atoms. The highest BCUT2D eigenvalue weighted by Gasteiger charge is 2.22. The van der Waals surface area contributed by atoms with Crippen LogP contribution in [0.2, 0.25) is 0 Å². The van der Waals surface area contributed by atoms with E-state index in [1.807, 2.05) is 17.0 Å². The molecule has 1 fully saturated rings. The Hall–Kier alpha value is -2.40. The molecular formula is C23H30FN3O. The number of aryl methyl sites for hydroxylation is 1. The van der Waals surface area contributed by atoms with Gasteiger partial charge in [-0.2, -0.15) is 0 Å². The minimum absolute atomic E-state index is 0.192. The van der Waals surface area contributed by atoms with Gasteiger partial charge in [0.1, 0.15) is 5.82 Å². The van der Waals surface area contributed by atoms with Crippen molar-refractivity contribution in [3.8, 4) is 0 Å². The number of carbonyl (C=O) groups excluding carboxylic acids is 1. The molecule has 1 saturated heterocycles. The smallest absolute Gasteiger partial charge is 0.237 e. The van der Waals surface area contributed by atoms with E-state index in [9.17, 15) is 9.18 Å². The number of anilines is 1. The van der Waals surface area contributed by atoms with Crippen LogP contribution >= 0.6 is 0 Å². The highest BCUT2D eigenvalue weighted by Crippen LogP contribution is 2.17. The van der Waals surface area contributed by atoms with Gasteiger partial charge in [0.2, 0.25) is 5.91 Å². The number of rotatable bonds is 7. The molecule has 0 bridgehead atoms. The van der Waals surface area contributed by atoms with Crippen molar-refractivity contribution in [1.29, 1.82) is 0 Å². The second-order valence-corrected chi connectivity index (χ2v) is 7.54. The molecule has 0 N–H and O–H groups in total. The fraction of sp³-hybridized carbons (Fsp3) is 0.435. The average molecular weight is 384 g/mol. The number of benzene rings is 2. The van der Waals surface area contributed by atoms with Gasteiger partial charge < -0.3 is 9.80 Å².